The molecule has 0 radical (unpaired) electrons. The number of carboxylic acid groups (broad SMARTS) is 1. The van der Waals surface area contributed by atoms with Crippen molar-refractivity contribution in [3.63, 3.8) is 0 Å². The molecule has 0 saturated carbocycles. The monoisotopic (exact) mass is 286 g/mol. The number of benzene rings is 1. The van der Waals surface area contributed by atoms with E-state index in [2.05, 4.69) is 10.3 Å². The zero-order chi connectivity index (χ0) is 15.2. The Morgan fingerprint density at radius 1 is 1.24 bits per heavy atom. The number of nitrogens with one attached hydrogen (secondary N) is 1. The van der Waals surface area contributed by atoms with E-state index in [0.29, 0.717) is 11.1 Å². The second kappa shape index (κ2) is 6.42. The van der Waals surface area contributed by atoms with Crippen molar-refractivity contribution in [3.8, 4) is 0 Å². The average Bonchev–Trinajstić information content (AvgIpc) is 2.48. The number of nitrogens with zero attached hydrogens (tertiary/aromatic N) is 1. The van der Waals surface area contributed by atoms with Gasteiger partial charge in [-0.25, -0.2) is 14.2 Å². The van der Waals surface area contributed by atoms with E-state index in [1.807, 2.05) is 0 Å². The van der Waals surface area contributed by atoms with Crippen LogP contribution in [0.15, 0.2) is 48.7 Å². The normalized spacial score (nSPS) is 10.5. The zero-order valence-electron chi connectivity index (χ0n) is 10.8. The Bertz CT molecular complexity index is 696. The molecule has 0 unspecified atom stereocenters. The molecule has 1 aromatic carbocycles. The van der Waals surface area contributed by atoms with Crippen LogP contribution in [0.25, 0.3) is 6.08 Å². The Morgan fingerprint density at radius 2 is 2.05 bits per heavy atom. The third-order valence-corrected chi connectivity index (χ3v) is 2.54. The van der Waals surface area contributed by atoms with Crippen LogP contribution in [0, 0.1) is 5.82 Å². The summed E-state index contributed by atoms with van der Waals surface area (Å²) >= 11 is 0. The molecule has 21 heavy (non-hydrogen) atoms. The smallest absolute Gasteiger partial charge is 0.328 e. The van der Waals surface area contributed by atoms with E-state index >= 15 is 0 Å². The predicted octanol–water partition coefficient (Wildman–Crippen LogP) is 2.57. The number of halogens is 1. The molecule has 1 heterocycles. The van der Waals surface area contributed by atoms with E-state index in [1.165, 1.54) is 24.3 Å². The number of aliphatic carboxylic acids is 1. The molecule has 2 aromatic rings. The van der Waals surface area contributed by atoms with Gasteiger partial charge in [0.25, 0.3) is 5.91 Å². The van der Waals surface area contributed by atoms with Crippen LogP contribution in [0.2, 0.25) is 0 Å². The van der Waals surface area contributed by atoms with Crippen molar-refractivity contribution in [2.75, 3.05) is 5.32 Å². The van der Waals surface area contributed by atoms with Crippen LogP contribution in [-0.2, 0) is 4.79 Å². The summed E-state index contributed by atoms with van der Waals surface area (Å²) < 4.78 is 12.7. The zero-order valence-corrected chi connectivity index (χ0v) is 10.8. The van der Waals surface area contributed by atoms with Crippen molar-refractivity contribution < 1.29 is 19.1 Å². The minimum Gasteiger partial charge on any atom is -0.478 e. The summed E-state index contributed by atoms with van der Waals surface area (Å²) in [7, 11) is 0. The standard InChI is InChI=1S/C15H11FN2O3/c16-12-5-6-13(17-9-12)18-15(21)11-3-1-2-10(8-11)4-7-14(19)20/h1-9H,(H,19,20)(H,17,18,21). The molecule has 6 heteroatoms. The number of amides is 1. The van der Waals surface area contributed by atoms with Crippen LogP contribution < -0.4 is 5.32 Å². The third kappa shape index (κ3) is 4.24. The van der Waals surface area contributed by atoms with Crippen LogP contribution in [-0.4, -0.2) is 22.0 Å². The number of hydrogen-bond donors (Lipinski definition) is 2. The molecule has 1 aromatic heterocycles. The van der Waals surface area contributed by atoms with Gasteiger partial charge in [0.05, 0.1) is 6.20 Å². The molecule has 106 valence electrons. The maximum absolute atomic E-state index is 12.7. The number of carboxylic acids is 1. The quantitative estimate of drug-likeness (QED) is 0.847. The molecule has 2 rings (SSSR count). The summed E-state index contributed by atoms with van der Waals surface area (Å²) in [6, 6.07) is 8.96. The molecule has 0 saturated heterocycles. The number of rotatable bonds is 4. The largest absolute Gasteiger partial charge is 0.478 e. The van der Waals surface area contributed by atoms with Crippen LogP contribution in [0.3, 0.4) is 0 Å². The topological polar surface area (TPSA) is 79.3 Å². The van der Waals surface area contributed by atoms with Crippen molar-refractivity contribution in [2.45, 2.75) is 0 Å². The number of aromatic nitrogens is 1. The van der Waals surface area contributed by atoms with Gasteiger partial charge in [-0.15, -0.1) is 0 Å². The first kappa shape index (κ1) is 14.4. The van der Waals surface area contributed by atoms with E-state index in [0.717, 1.165) is 12.3 Å². The highest BCUT2D eigenvalue weighted by molar-refractivity contribution is 6.04. The molecule has 0 aliphatic heterocycles. The third-order valence-electron chi connectivity index (χ3n) is 2.54. The van der Waals surface area contributed by atoms with Crippen LogP contribution in [0.1, 0.15) is 15.9 Å². The van der Waals surface area contributed by atoms with Gasteiger partial charge in [0.2, 0.25) is 0 Å². The minimum absolute atomic E-state index is 0.230. The van der Waals surface area contributed by atoms with Crippen molar-refractivity contribution >= 4 is 23.8 Å². The first-order valence-corrected chi connectivity index (χ1v) is 5.98. The predicted molar refractivity (Wildman–Crippen MR) is 75.3 cm³/mol. The summed E-state index contributed by atoms with van der Waals surface area (Å²) in [5.41, 5.74) is 0.922. The molecule has 0 fully saturated rings. The Kier molecular flexibility index (Phi) is 4.40. The Labute approximate surface area is 119 Å². The summed E-state index contributed by atoms with van der Waals surface area (Å²) in [5.74, 6) is -1.75. The van der Waals surface area contributed by atoms with Crippen molar-refractivity contribution in [3.05, 3.63) is 65.6 Å². The summed E-state index contributed by atoms with van der Waals surface area (Å²) in [6.45, 7) is 0. The number of anilines is 1. The highest BCUT2D eigenvalue weighted by Crippen LogP contribution is 2.10. The Morgan fingerprint density at radius 3 is 2.71 bits per heavy atom. The van der Waals surface area contributed by atoms with Gasteiger partial charge in [0.1, 0.15) is 11.6 Å². The molecule has 0 bridgehead atoms. The Hall–Kier alpha value is -3.02. The fourth-order valence-corrected chi connectivity index (χ4v) is 1.59. The molecule has 0 aliphatic rings. The summed E-state index contributed by atoms with van der Waals surface area (Å²) in [5, 5.41) is 11.1. The van der Waals surface area contributed by atoms with Gasteiger partial charge in [0.15, 0.2) is 0 Å². The average molecular weight is 286 g/mol. The van der Waals surface area contributed by atoms with Crippen molar-refractivity contribution in [1.29, 1.82) is 0 Å². The van der Waals surface area contributed by atoms with Gasteiger partial charge < -0.3 is 10.4 Å². The number of carbonyl (C=O) groups is 2. The summed E-state index contributed by atoms with van der Waals surface area (Å²) in [6.07, 6.45) is 3.37. The fourth-order valence-electron chi connectivity index (χ4n) is 1.59. The molecular weight excluding hydrogens is 275 g/mol. The van der Waals surface area contributed by atoms with Gasteiger partial charge >= 0.3 is 5.97 Å². The lowest BCUT2D eigenvalue weighted by Gasteiger charge is -2.05. The van der Waals surface area contributed by atoms with Crippen LogP contribution >= 0.6 is 0 Å². The van der Waals surface area contributed by atoms with E-state index < -0.39 is 17.7 Å². The maximum Gasteiger partial charge on any atom is 0.328 e. The second-order valence-corrected chi connectivity index (χ2v) is 4.11. The van der Waals surface area contributed by atoms with Crippen LogP contribution in [0.4, 0.5) is 10.2 Å². The summed E-state index contributed by atoms with van der Waals surface area (Å²) in [4.78, 5) is 26.2. The lowest BCUT2D eigenvalue weighted by molar-refractivity contribution is -0.131. The molecule has 0 atom stereocenters. The van der Waals surface area contributed by atoms with Gasteiger partial charge in [-0.05, 0) is 35.9 Å². The number of carbonyl (C=O) groups excluding carboxylic acids is 1. The van der Waals surface area contributed by atoms with E-state index in [4.69, 9.17) is 5.11 Å². The number of pyridine rings is 1. The first-order valence-electron chi connectivity index (χ1n) is 5.98. The van der Waals surface area contributed by atoms with Gasteiger partial charge in [-0.2, -0.15) is 0 Å². The van der Waals surface area contributed by atoms with E-state index in [9.17, 15) is 14.0 Å². The van der Waals surface area contributed by atoms with E-state index in [1.54, 1.807) is 18.2 Å². The molecule has 2 N–H and O–H groups in total. The van der Waals surface area contributed by atoms with Crippen molar-refractivity contribution in [2.24, 2.45) is 0 Å². The fraction of sp³-hybridized carbons (Fsp3) is 0. The molecular formula is C15H11FN2O3. The highest BCUT2D eigenvalue weighted by atomic mass is 19.1. The van der Waals surface area contributed by atoms with E-state index in [-0.39, 0.29) is 5.82 Å². The molecule has 0 aliphatic carbocycles. The van der Waals surface area contributed by atoms with Gasteiger partial charge in [0, 0.05) is 11.6 Å². The molecule has 1 amide bonds. The highest BCUT2D eigenvalue weighted by Gasteiger charge is 2.07. The molecule has 0 spiro atoms. The SMILES string of the molecule is O=C(O)C=Cc1cccc(C(=O)Nc2ccc(F)cn2)c1. The lowest BCUT2D eigenvalue weighted by atomic mass is 10.1. The number of hydrogen-bond acceptors (Lipinski definition) is 3. The maximum atomic E-state index is 12.7. The van der Waals surface area contributed by atoms with Crippen molar-refractivity contribution in [1.82, 2.24) is 4.98 Å². The second-order valence-electron chi connectivity index (χ2n) is 4.11. The minimum atomic E-state index is -1.07. The Balaban J connectivity index is 2.14. The van der Waals surface area contributed by atoms with Gasteiger partial charge in [-0.1, -0.05) is 12.1 Å². The lowest BCUT2D eigenvalue weighted by Crippen LogP contribution is -2.12. The van der Waals surface area contributed by atoms with Crippen LogP contribution in [0.5, 0.6) is 0 Å². The first-order chi connectivity index (χ1) is 10.0. The van der Waals surface area contributed by atoms with Gasteiger partial charge in [-0.3, -0.25) is 4.79 Å². The molecule has 5 nitrogen and oxygen atoms in total.